The second-order valence-corrected chi connectivity index (χ2v) is 6.82. The number of anilines is 1. The first-order valence-electron chi connectivity index (χ1n) is 7.45. The van der Waals surface area contributed by atoms with Crippen molar-refractivity contribution < 1.29 is 17.8 Å². The molecule has 2 amide bonds. The fourth-order valence-corrected chi connectivity index (χ4v) is 3.00. The lowest BCUT2D eigenvalue weighted by Crippen LogP contribution is -2.38. The van der Waals surface area contributed by atoms with Gasteiger partial charge < -0.3 is 10.2 Å². The van der Waals surface area contributed by atoms with Crippen LogP contribution in [0.5, 0.6) is 0 Å². The van der Waals surface area contributed by atoms with Crippen molar-refractivity contribution in [1.82, 2.24) is 9.80 Å². The predicted octanol–water partition coefficient (Wildman–Crippen LogP) is 2.23. The highest BCUT2D eigenvalue weighted by Gasteiger charge is 2.20. The monoisotopic (exact) mass is 345 g/mol. The molecule has 8 heteroatoms. The van der Waals surface area contributed by atoms with Gasteiger partial charge in [-0.15, -0.1) is 0 Å². The van der Waals surface area contributed by atoms with E-state index >= 15 is 0 Å². The number of amides is 2. The molecule has 1 N–H and O–H groups in total. The molecular weight excluding hydrogens is 324 g/mol. The number of hydrogen-bond donors (Lipinski definition) is 1. The normalized spacial score (nSPS) is 17.8. The second kappa shape index (κ2) is 8.35. The van der Waals surface area contributed by atoms with E-state index in [0.29, 0.717) is 43.2 Å². The molecule has 0 radical (unpaired) electrons. The van der Waals surface area contributed by atoms with E-state index in [4.69, 9.17) is 0 Å². The van der Waals surface area contributed by atoms with E-state index < -0.39 is 17.2 Å². The smallest absolute Gasteiger partial charge is 0.321 e. The average molecular weight is 345 g/mol. The number of hydrogen-bond acceptors (Lipinski definition) is 3. The van der Waals surface area contributed by atoms with Crippen molar-refractivity contribution >= 4 is 22.5 Å². The molecule has 0 aromatic heterocycles. The molecular formula is C15H21F2N3O2S. The van der Waals surface area contributed by atoms with Gasteiger partial charge in [0.1, 0.15) is 0 Å². The van der Waals surface area contributed by atoms with E-state index in [1.54, 1.807) is 40.3 Å². The van der Waals surface area contributed by atoms with E-state index in [2.05, 4.69) is 5.32 Å². The lowest BCUT2D eigenvalue weighted by Gasteiger charge is -2.22. The van der Waals surface area contributed by atoms with Crippen LogP contribution >= 0.6 is 0 Å². The van der Waals surface area contributed by atoms with Crippen molar-refractivity contribution in [2.75, 3.05) is 44.3 Å². The van der Waals surface area contributed by atoms with Crippen molar-refractivity contribution in [3.63, 3.8) is 0 Å². The average Bonchev–Trinajstić information content (AvgIpc) is 2.73. The third kappa shape index (κ3) is 5.54. The SMILES string of the molecule is CS(=O)c1ccc(NC(=O)N2CCCN(CC(F)F)CC2)cc1. The van der Waals surface area contributed by atoms with Gasteiger partial charge in [-0.05, 0) is 30.7 Å². The topological polar surface area (TPSA) is 52.7 Å². The summed E-state index contributed by atoms with van der Waals surface area (Å²) in [5.74, 6) is 0. The maximum atomic E-state index is 12.4. The van der Waals surface area contributed by atoms with Gasteiger partial charge in [0, 0.05) is 53.8 Å². The largest absolute Gasteiger partial charge is 0.323 e. The van der Waals surface area contributed by atoms with Crippen molar-refractivity contribution in [2.24, 2.45) is 0 Å². The third-order valence-electron chi connectivity index (χ3n) is 3.71. The highest BCUT2D eigenvalue weighted by Crippen LogP contribution is 2.13. The van der Waals surface area contributed by atoms with Crippen molar-refractivity contribution in [3.8, 4) is 0 Å². The number of rotatable bonds is 4. The summed E-state index contributed by atoms with van der Waals surface area (Å²) in [7, 11) is -1.06. The van der Waals surface area contributed by atoms with Gasteiger partial charge in [-0.3, -0.25) is 9.11 Å². The summed E-state index contributed by atoms with van der Waals surface area (Å²) in [4.78, 5) is 16.3. The zero-order valence-corrected chi connectivity index (χ0v) is 13.8. The second-order valence-electron chi connectivity index (χ2n) is 5.44. The van der Waals surface area contributed by atoms with Crippen LogP contribution in [0.3, 0.4) is 0 Å². The van der Waals surface area contributed by atoms with Gasteiger partial charge in [-0.25, -0.2) is 13.6 Å². The molecule has 5 nitrogen and oxygen atoms in total. The van der Waals surface area contributed by atoms with E-state index in [9.17, 15) is 17.8 Å². The van der Waals surface area contributed by atoms with Crippen LogP contribution < -0.4 is 5.32 Å². The Labute approximate surface area is 137 Å². The summed E-state index contributed by atoms with van der Waals surface area (Å²) in [5, 5.41) is 2.78. The van der Waals surface area contributed by atoms with Gasteiger partial charge in [-0.2, -0.15) is 0 Å². The minimum Gasteiger partial charge on any atom is -0.323 e. The maximum absolute atomic E-state index is 12.4. The number of halogens is 2. The Morgan fingerprint density at radius 1 is 1.22 bits per heavy atom. The number of nitrogens with one attached hydrogen (secondary N) is 1. The maximum Gasteiger partial charge on any atom is 0.321 e. The van der Waals surface area contributed by atoms with Crippen molar-refractivity contribution in [1.29, 1.82) is 0 Å². The Balaban J connectivity index is 1.89. The molecule has 0 bridgehead atoms. The lowest BCUT2D eigenvalue weighted by atomic mass is 10.3. The predicted molar refractivity (Wildman–Crippen MR) is 86.4 cm³/mol. The van der Waals surface area contributed by atoms with Crippen LogP contribution in [0, 0.1) is 0 Å². The third-order valence-corrected chi connectivity index (χ3v) is 4.65. The van der Waals surface area contributed by atoms with Gasteiger partial charge in [0.05, 0.1) is 6.54 Å². The molecule has 1 aliphatic rings. The van der Waals surface area contributed by atoms with E-state index in [1.807, 2.05) is 0 Å². The lowest BCUT2D eigenvalue weighted by molar-refractivity contribution is 0.0905. The number of carbonyl (C=O) groups is 1. The first kappa shape index (κ1) is 17.8. The van der Waals surface area contributed by atoms with Crippen molar-refractivity contribution in [2.45, 2.75) is 17.7 Å². The zero-order valence-electron chi connectivity index (χ0n) is 13.0. The van der Waals surface area contributed by atoms with E-state index in [1.165, 1.54) is 0 Å². The Morgan fingerprint density at radius 3 is 2.52 bits per heavy atom. The summed E-state index contributed by atoms with van der Waals surface area (Å²) in [6, 6.07) is 6.58. The fourth-order valence-electron chi connectivity index (χ4n) is 2.48. The van der Waals surface area contributed by atoms with Gasteiger partial charge in [0.25, 0.3) is 6.43 Å². The molecule has 128 valence electrons. The number of alkyl halides is 2. The van der Waals surface area contributed by atoms with Crippen LogP contribution in [0.2, 0.25) is 0 Å². The molecule has 1 atom stereocenters. The van der Waals surface area contributed by atoms with Gasteiger partial charge in [-0.1, -0.05) is 0 Å². The van der Waals surface area contributed by atoms with Crippen LogP contribution in [0.4, 0.5) is 19.3 Å². The molecule has 1 aliphatic heterocycles. The quantitative estimate of drug-likeness (QED) is 0.910. The highest BCUT2D eigenvalue weighted by molar-refractivity contribution is 7.84. The van der Waals surface area contributed by atoms with E-state index in [-0.39, 0.29) is 12.6 Å². The van der Waals surface area contributed by atoms with Crippen LogP contribution in [0.25, 0.3) is 0 Å². The van der Waals surface area contributed by atoms with Gasteiger partial charge in [0.15, 0.2) is 0 Å². The molecule has 1 unspecified atom stereocenters. The summed E-state index contributed by atoms with van der Waals surface area (Å²) >= 11 is 0. The number of carbonyl (C=O) groups excluding carboxylic acids is 1. The molecule has 0 saturated carbocycles. The number of nitrogens with zero attached hydrogens (tertiary/aromatic N) is 2. The Bertz CT molecular complexity index is 554. The zero-order chi connectivity index (χ0) is 16.8. The molecule has 1 saturated heterocycles. The van der Waals surface area contributed by atoms with Gasteiger partial charge in [0.2, 0.25) is 0 Å². The molecule has 1 fully saturated rings. The van der Waals surface area contributed by atoms with Crippen LogP contribution in [-0.2, 0) is 10.8 Å². The minimum atomic E-state index is -2.35. The first-order chi connectivity index (χ1) is 11.0. The molecule has 23 heavy (non-hydrogen) atoms. The molecule has 1 heterocycles. The summed E-state index contributed by atoms with van der Waals surface area (Å²) in [6.45, 7) is 1.75. The molecule has 0 spiro atoms. The summed E-state index contributed by atoms with van der Waals surface area (Å²) in [6.07, 6.45) is -0.0813. The van der Waals surface area contributed by atoms with Crippen LogP contribution in [0.1, 0.15) is 6.42 Å². The highest BCUT2D eigenvalue weighted by atomic mass is 32.2. The first-order valence-corrected chi connectivity index (χ1v) is 9.01. The standard InChI is InChI=1S/C15H21F2N3O2S/c1-23(22)13-5-3-12(4-6-13)18-15(21)20-8-2-7-19(9-10-20)11-14(16)17/h3-6,14H,2,7-11H2,1H3,(H,18,21). The Kier molecular flexibility index (Phi) is 6.47. The molecule has 1 aromatic rings. The molecule has 0 aliphatic carbocycles. The van der Waals surface area contributed by atoms with Crippen LogP contribution in [-0.4, -0.2) is 65.4 Å². The number of urea groups is 1. The van der Waals surface area contributed by atoms with Crippen molar-refractivity contribution in [3.05, 3.63) is 24.3 Å². The molecule has 1 aromatic carbocycles. The molecule has 2 rings (SSSR count). The van der Waals surface area contributed by atoms with E-state index in [0.717, 1.165) is 0 Å². The Hall–Kier alpha value is -1.54. The summed E-state index contributed by atoms with van der Waals surface area (Å²) < 4.78 is 36.2. The number of benzene rings is 1. The minimum absolute atomic E-state index is 0.241. The summed E-state index contributed by atoms with van der Waals surface area (Å²) in [5.41, 5.74) is 0.623. The Morgan fingerprint density at radius 2 is 1.91 bits per heavy atom. The fraction of sp³-hybridized carbons (Fsp3) is 0.533. The van der Waals surface area contributed by atoms with Gasteiger partial charge >= 0.3 is 6.03 Å². The van der Waals surface area contributed by atoms with Crippen LogP contribution in [0.15, 0.2) is 29.2 Å².